The summed E-state index contributed by atoms with van der Waals surface area (Å²) in [6.45, 7) is 5.83. The lowest BCUT2D eigenvalue weighted by atomic mass is 10.1. The van der Waals surface area contributed by atoms with Crippen LogP contribution in [0.1, 0.15) is 26.3 Å². The van der Waals surface area contributed by atoms with E-state index in [1.807, 2.05) is 56.3 Å². The third-order valence-electron chi connectivity index (χ3n) is 3.66. The summed E-state index contributed by atoms with van der Waals surface area (Å²) < 4.78 is 17.4. The first-order valence-corrected chi connectivity index (χ1v) is 10.0. The van der Waals surface area contributed by atoms with Gasteiger partial charge in [-0.1, -0.05) is 42.5 Å². The van der Waals surface area contributed by atoms with Gasteiger partial charge in [0.25, 0.3) is 0 Å². The highest BCUT2D eigenvalue weighted by Crippen LogP contribution is 2.25. The first-order valence-electron chi connectivity index (χ1n) is 8.07. The van der Waals surface area contributed by atoms with Crippen molar-refractivity contribution in [2.24, 2.45) is 0 Å². The lowest BCUT2D eigenvalue weighted by molar-refractivity contribution is -0.562. The molecule has 130 valence electrons. The van der Waals surface area contributed by atoms with Gasteiger partial charge < -0.3 is 13.3 Å². The van der Waals surface area contributed by atoms with Crippen molar-refractivity contribution in [3.63, 3.8) is 0 Å². The molecular weight excluding hydrogens is 326 g/mol. The summed E-state index contributed by atoms with van der Waals surface area (Å²) in [5, 5.41) is 13.2. The number of hydrogen-bond acceptors (Lipinski definition) is 5. The molecule has 0 aromatic heterocycles. The second kappa shape index (κ2) is 8.34. The molecule has 0 heterocycles. The Balaban J connectivity index is 2.40. The maximum Gasteiger partial charge on any atom is 0.510 e. The second-order valence-corrected chi connectivity index (χ2v) is 7.90. The number of nitrogens with zero attached hydrogens (tertiary/aromatic N) is 1. The van der Waals surface area contributed by atoms with Crippen LogP contribution >= 0.6 is 0 Å². The molecule has 0 spiro atoms. The van der Waals surface area contributed by atoms with Crippen molar-refractivity contribution in [1.29, 1.82) is 0 Å². The Morgan fingerprint density at radius 1 is 1.08 bits per heavy atom. The number of fused-ring (bicyclic) bond motifs is 1. The molecule has 0 bridgehead atoms. The van der Waals surface area contributed by atoms with Crippen LogP contribution < -0.4 is 0 Å². The molecule has 0 aliphatic heterocycles. The Hall–Kier alpha value is -1.80. The van der Waals surface area contributed by atoms with E-state index in [9.17, 15) is 10.1 Å². The summed E-state index contributed by atoms with van der Waals surface area (Å²) in [7, 11) is -3.22. The minimum Gasteiger partial charge on any atom is -0.373 e. The van der Waals surface area contributed by atoms with Crippen molar-refractivity contribution in [3.8, 4) is 0 Å². The third-order valence-corrected chi connectivity index (χ3v) is 6.63. The zero-order chi connectivity index (χ0) is 17.6. The van der Waals surface area contributed by atoms with Crippen molar-refractivity contribution in [3.05, 3.63) is 58.1 Å². The van der Waals surface area contributed by atoms with Gasteiger partial charge >= 0.3 is 15.0 Å². The van der Waals surface area contributed by atoms with E-state index in [0.717, 1.165) is 16.3 Å². The monoisotopic (exact) mass is 349 g/mol. The predicted octanol–water partition coefficient (Wildman–Crippen LogP) is 3.57. The van der Waals surface area contributed by atoms with Crippen molar-refractivity contribution >= 4 is 19.6 Å². The molecule has 2 rings (SSSR count). The summed E-state index contributed by atoms with van der Waals surface area (Å²) in [5.74, 6) is 0. The first kappa shape index (κ1) is 18.5. The number of benzene rings is 2. The first-order chi connectivity index (χ1) is 11.5. The minimum absolute atomic E-state index is 0.376. The minimum atomic E-state index is -3.22. The van der Waals surface area contributed by atoms with E-state index < -0.39 is 20.0 Å². The maximum atomic E-state index is 11.0. The molecule has 0 radical (unpaired) electrons. The van der Waals surface area contributed by atoms with E-state index in [4.69, 9.17) is 13.3 Å². The summed E-state index contributed by atoms with van der Waals surface area (Å²) >= 11 is 0. The second-order valence-electron chi connectivity index (χ2n) is 5.37. The van der Waals surface area contributed by atoms with Crippen LogP contribution in [-0.4, -0.2) is 33.2 Å². The molecule has 0 saturated heterocycles. The van der Waals surface area contributed by atoms with E-state index >= 15 is 0 Å². The van der Waals surface area contributed by atoms with Crippen molar-refractivity contribution in [1.82, 2.24) is 0 Å². The van der Waals surface area contributed by atoms with Crippen molar-refractivity contribution in [2.75, 3.05) is 13.2 Å². The van der Waals surface area contributed by atoms with E-state index in [1.54, 1.807) is 0 Å². The Labute approximate surface area is 142 Å². The predicted molar refractivity (Wildman–Crippen MR) is 94.2 cm³/mol. The van der Waals surface area contributed by atoms with Gasteiger partial charge in [-0.3, -0.25) is 10.1 Å². The zero-order valence-corrected chi connectivity index (χ0v) is 15.2. The number of hydrogen-bond donors (Lipinski definition) is 0. The van der Waals surface area contributed by atoms with Crippen LogP contribution in [0, 0.1) is 10.1 Å². The normalized spacial score (nSPS) is 13.1. The topological polar surface area (TPSA) is 70.8 Å². The van der Waals surface area contributed by atoms with Gasteiger partial charge in [0.05, 0.1) is 4.92 Å². The van der Waals surface area contributed by atoms with Crippen molar-refractivity contribution in [2.45, 2.75) is 33.0 Å². The fraction of sp³-hybridized carbons (Fsp3) is 0.412. The Kier molecular flexibility index (Phi) is 6.44. The fourth-order valence-corrected chi connectivity index (χ4v) is 5.44. The average molecular weight is 349 g/mol. The molecule has 2 aromatic rings. The summed E-state index contributed by atoms with van der Waals surface area (Å²) in [6.07, 6.45) is -1.18. The van der Waals surface area contributed by atoms with Gasteiger partial charge in [0.2, 0.25) is 0 Å². The van der Waals surface area contributed by atoms with E-state index in [-0.39, 0.29) is 0 Å². The molecule has 0 fully saturated rings. The standard InChI is InChI=1S/C17H23NO5Si/c1-4-21-24(22-5-2,23-14(3)18(19)20)13-16-11-8-10-15-9-6-7-12-17(15)16/h6-12,14H,4-5,13H2,1-3H3. The third kappa shape index (κ3) is 4.39. The van der Waals surface area contributed by atoms with Gasteiger partial charge in [-0.25, -0.2) is 0 Å². The SMILES string of the molecule is CCO[Si](Cc1cccc2ccccc12)(OCC)OC(C)[N+](=O)[O-]. The molecule has 0 aliphatic carbocycles. The van der Waals surface area contributed by atoms with Gasteiger partial charge in [0, 0.05) is 26.2 Å². The molecule has 1 unspecified atom stereocenters. The van der Waals surface area contributed by atoms with Crippen molar-refractivity contribution < 1.29 is 18.2 Å². The molecule has 7 heteroatoms. The molecule has 0 amide bonds. The maximum absolute atomic E-state index is 11.0. The molecule has 0 aliphatic rings. The molecule has 2 aromatic carbocycles. The van der Waals surface area contributed by atoms with Gasteiger partial charge in [-0.15, -0.1) is 0 Å². The van der Waals surface area contributed by atoms with E-state index in [0.29, 0.717) is 19.3 Å². The Morgan fingerprint density at radius 2 is 1.71 bits per heavy atom. The number of nitro groups is 1. The van der Waals surface area contributed by atoms with Crippen LogP contribution in [0.3, 0.4) is 0 Å². The average Bonchev–Trinajstić information content (AvgIpc) is 2.55. The Bertz CT molecular complexity index is 682. The van der Waals surface area contributed by atoms with Crippen LogP contribution in [0.4, 0.5) is 0 Å². The van der Waals surface area contributed by atoms with E-state index in [1.165, 1.54) is 6.92 Å². The van der Waals surface area contributed by atoms with E-state index in [2.05, 4.69) is 0 Å². The lowest BCUT2D eigenvalue weighted by Gasteiger charge is -2.29. The highest BCUT2D eigenvalue weighted by atomic mass is 28.4. The van der Waals surface area contributed by atoms with Gasteiger partial charge in [-0.2, -0.15) is 0 Å². The largest absolute Gasteiger partial charge is 0.510 e. The van der Waals surface area contributed by atoms with Crippen LogP contribution in [0.25, 0.3) is 10.8 Å². The molecular formula is C17H23NO5Si. The van der Waals surface area contributed by atoms with Crippen LogP contribution in [0.2, 0.25) is 0 Å². The van der Waals surface area contributed by atoms with Gasteiger partial charge in [-0.05, 0) is 30.2 Å². The fourth-order valence-electron chi connectivity index (χ4n) is 2.68. The highest BCUT2D eigenvalue weighted by Gasteiger charge is 2.45. The van der Waals surface area contributed by atoms with Gasteiger partial charge in [0.15, 0.2) is 0 Å². The highest BCUT2D eigenvalue weighted by molar-refractivity contribution is 6.60. The van der Waals surface area contributed by atoms with Gasteiger partial charge in [0.1, 0.15) is 0 Å². The van der Waals surface area contributed by atoms with Crippen LogP contribution in [0.5, 0.6) is 0 Å². The molecule has 1 atom stereocenters. The molecule has 0 saturated carbocycles. The molecule has 6 nitrogen and oxygen atoms in total. The Morgan fingerprint density at radius 3 is 2.33 bits per heavy atom. The summed E-state index contributed by atoms with van der Waals surface area (Å²) in [4.78, 5) is 10.6. The van der Waals surface area contributed by atoms with Crippen LogP contribution in [0.15, 0.2) is 42.5 Å². The smallest absolute Gasteiger partial charge is 0.373 e. The summed E-state index contributed by atoms with van der Waals surface area (Å²) in [5.41, 5.74) is 1.01. The quantitative estimate of drug-likeness (QED) is 0.299. The number of rotatable bonds is 9. The molecule has 24 heavy (non-hydrogen) atoms. The molecule has 0 N–H and O–H groups in total. The summed E-state index contributed by atoms with van der Waals surface area (Å²) in [6, 6.07) is 14.4. The zero-order valence-electron chi connectivity index (χ0n) is 14.2. The lowest BCUT2D eigenvalue weighted by Crippen LogP contribution is -2.51. The van der Waals surface area contributed by atoms with Crippen LogP contribution in [-0.2, 0) is 19.3 Å².